The molecule has 5 heteroatoms. The quantitative estimate of drug-likeness (QED) is 0.928. The number of nitrogens with one attached hydrogen (secondary N) is 1. The summed E-state index contributed by atoms with van der Waals surface area (Å²) in [5.41, 5.74) is 0. The van der Waals surface area contributed by atoms with E-state index in [1.807, 2.05) is 0 Å². The van der Waals surface area contributed by atoms with Crippen LogP contribution in [0.25, 0.3) is 0 Å². The van der Waals surface area contributed by atoms with Gasteiger partial charge in [0.2, 0.25) is 10.0 Å². The third-order valence-electron chi connectivity index (χ3n) is 4.14. The number of halogens is 1. The van der Waals surface area contributed by atoms with E-state index in [0.29, 0.717) is 5.92 Å². The summed E-state index contributed by atoms with van der Waals surface area (Å²) in [6, 6.07) is 5.38. The summed E-state index contributed by atoms with van der Waals surface area (Å²) in [7, 11) is -3.77. The van der Waals surface area contributed by atoms with Crippen LogP contribution in [0.15, 0.2) is 29.2 Å². The highest BCUT2D eigenvalue weighted by molar-refractivity contribution is 7.89. The lowest BCUT2D eigenvalue weighted by molar-refractivity contribution is 0.227. The van der Waals surface area contributed by atoms with E-state index in [1.165, 1.54) is 24.3 Å². The highest BCUT2D eigenvalue weighted by atomic mass is 32.2. The summed E-state index contributed by atoms with van der Waals surface area (Å²) in [5, 5.41) is 0. The van der Waals surface area contributed by atoms with Crippen molar-refractivity contribution in [3.8, 4) is 0 Å². The molecule has 0 radical (unpaired) electrons. The van der Waals surface area contributed by atoms with Gasteiger partial charge in [0.05, 0.1) is 0 Å². The molecule has 1 aliphatic carbocycles. The Morgan fingerprint density at radius 2 is 1.89 bits per heavy atom. The second-order valence-electron chi connectivity index (χ2n) is 5.43. The SMILES string of the molecule is C[C@H]1[C@@H](NS(=O)(=O)c2ccccc2F)CCC[C@@H]1C. The fourth-order valence-corrected chi connectivity index (χ4v) is 4.11. The molecule has 19 heavy (non-hydrogen) atoms. The first-order valence-electron chi connectivity index (χ1n) is 6.68. The highest BCUT2D eigenvalue weighted by Crippen LogP contribution is 2.30. The Labute approximate surface area is 114 Å². The van der Waals surface area contributed by atoms with Gasteiger partial charge < -0.3 is 0 Å². The van der Waals surface area contributed by atoms with E-state index in [9.17, 15) is 12.8 Å². The Hall–Kier alpha value is -0.940. The minimum absolute atomic E-state index is 0.103. The molecule has 1 fully saturated rings. The summed E-state index contributed by atoms with van der Waals surface area (Å²) in [6.45, 7) is 4.19. The number of benzene rings is 1. The smallest absolute Gasteiger partial charge is 0.208 e. The molecular formula is C14H20FNO2S. The van der Waals surface area contributed by atoms with E-state index in [4.69, 9.17) is 0 Å². The molecule has 0 bridgehead atoms. The normalized spacial score (nSPS) is 28.3. The fraction of sp³-hybridized carbons (Fsp3) is 0.571. The van der Waals surface area contributed by atoms with Gasteiger partial charge >= 0.3 is 0 Å². The molecule has 3 nitrogen and oxygen atoms in total. The van der Waals surface area contributed by atoms with E-state index in [1.54, 1.807) is 0 Å². The Bertz CT molecular complexity index is 544. The fourth-order valence-electron chi connectivity index (χ4n) is 2.67. The zero-order valence-corrected chi connectivity index (χ0v) is 12.1. The van der Waals surface area contributed by atoms with Crippen LogP contribution in [-0.4, -0.2) is 14.5 Å². The third kappa shape index (κ3) is 3.15. The maximum absolute atomic E-state index is 13.6. The number of rotatable bonds is 3. The van der Waals surface area contributed by atoms with Crippen LogP contribution in [0, 0.1) is 17.7 Å². The molecule has 0 aliphatic heterocycles. The van der Waals surface area contributed by atoms with Crippen molar-refractivity contribution < 1.29 is 12.8 Å². The summed E-state index contributed by atoms with van der Waals surface area (Å²) >= 11 is 0. The first kappa shape index (κ1) is 14.5. The van der Waals surface area contributed by atoms with Crippen LogP contribution >= 0.6 is 0 Å². The van der Waals surface area contributed by atoms with Gasteiger partial charge in [-0.05, 0) is 30.4 Å². The van der Waals surface area contributed by atoms with Gasteiger partial charge in [-0.25, -0.2) is 17.5 Å². The van der Waals surface area contributed by atoms with Crippen molar-refractivity contribution in [3.63, 3.8) is 0 Å². The van der Waals surface area contributed by atoms with Gasteiger partial charge in [0, 0.05) is 6.04 Å². The molecule has 1 aliphatic rings. The van der Waals surface area contributed by atoms with Crippen molar-refractivity contribution in [1.82, 2.24) is 4.72 Å². The predicted molar refractivity (Wildman–Crippen MR) is 72.7 cm³/mol. The monoisotopic (exact) mass is 285 g/mol. The van der Waals surface area contributed by atoms with Crippen molar-refractivity contribution in [2.75, 3.05) is 0 Å². The second-order valence-corrected chi connectivity index (χ2v) is 7.11. The van der Waals surface area contributed by atoms with Gasteiger partial charge in [-0.2, -0.15) is 0 Å². The van der Waals surface area contributed by atoms with Crippen LogP contribution in [0.4, 0.5) is 4.39 Å². The lowest BCUT2D eigenvalue weighted by Gasteiger charge is -2.34. The maximum atomic E-state index is 13.6. The van der Waals surface area contributed by atoms with Crippen molar-refractivity contribution in [1.29, 1.82) is 0 Å². The molecule has 0 heterocycles. The van der Waals surface area contributed by atoms with Gasteiger partial charge in [0.25, 0.3) is 0 Å². The van der Waals surface area contributed by atoms with Gasteiger partial charge in [-0.3, -0.25) is 0 Å². The van der Waals surface area contributed by atoms with Gasteiger partial charge in [-0.1, -0.05) is 38.8 Å². The lowest BCUT2D eigenvalue weighted by Crippen LogP contribution is -2.43. The zero-order valence-electron chi connectivity index (χ0n) is 11.3. The molecule has 0 amide bonds. The van der Waals surface area contributed by atoms with E-state index in [2.05, 4.69) is 18.6 Å². The average Bonchev–Trinajstić information content (AvgIpc) is 2.35. The topological polar surface area (TPSA) is 46.2 Å². The molecule has 0 spiro atoms. The van der Waals surface area contributed by atoms with E-state index in [0.717, 1.165) is 19.3 Å². The van der Waals surface area contributed by atoms with Crippen LogP contribution in [0.2, 0.25) is 0 Å². The van der Waals surface area contributed by atoms with Gasteiger partial charge in [-0.15, -0.1) is 0 Å². The van der Waals surface area contributed by atoms with Crippen molar-refractivity contribution in [3.05, 3.63) is 30.1 Å². The molecule has 1 aromatic rings. The molecule has 0 unspecified atom stereocenters. The molecule has 106 valence electrons. The zero-order chi connectivity index (χ0) is 14.0. The summed E-state index contributed by atoms with van der Waals surface area (Å²) in [6.07, 6.45) is 2.95. The molecule has 0 saturated heterocycles. The summed E-state index contributed by atoms with van der Waals surface area (Å²) < 4.78 is 40.7. The molecule has 3 atom stereocenters. The van der Waals surface area contributed by atoms with Crippen molar-refractivity contribution >= 4 is 10.0 Å². The Balaban J connectivity index is 2.20. The van der Waals surface area contributed by atoms with Crippen LogP contribution < -0.4 is 4.72 Å². The molecule has 2 rings (SSSR count). The molecule has 0 aromatic heterocycles. The molecule has 1 N–H and O–H groups in total. The Morgan fingerprint density at radius 1 is 1.21 bits per heavy atom. The Kier molecular flexibility index (Phi) is 4.26. The largest absolute Gasteiger partial charge is 0.243 e. The first-order chi connectivity index (χ1) is 8.92. The Morgan fingerprint density at radius 3 is 2.58 bits per heavy atom. The van der Waals surface area contributed by atoms with Crippen molar-refractivity contribution in [2.45, 2.75) is 44.0 Å². The molecule has 1 aromatic carbocycles. The standard InChI is InChI=1S/C14H20FNO2S/c1-10-6-5-8-13(11(10)2)16-19(17,18)14-9-4-3-7-12(14)15/h3-4,7,9-11,13,16H,5-6,8H2,1-2H3/t10-,11+,13-/m0/s1. The minimum atomic E-state index is -3.77. The van der Waals surface area contributed by atoms with Crippen LogP contribution in [0.5, 0.6) is 0 Å². The van der Waals surface area contributed by atoms with E-state index >= 15 is 0 Å². The summed E-state index contributed by atoms with van der Waals surface area (Å²) in [4.78, 5) is -0.263. The number of hydrogen-bond donors (Lipinski definition) is 1. The number of hydrogen-bond acceptors (Lipinski definition) is 2. The maximum Gasteiger partial charge on any atom is 0.243 e. The minimum Gasteiger partial charge on any atom is -0.208 e. The average molecular weight is 285 g/mol. The third-order valence-corrected chi connectivity index (χ3v) is 5.66. The molecule has 1 saturated carbocycles. The van der Waals surface area contributed by atoms with E-state index in [-0.39, 0.29) is 16.9 Å². The highest BCUT2D eigenvalue weighted by Gasteiger charge is 2.31. The lowest BCUT2D eigenvalue weighted by atomic mass is 9.78. The van der Waals surface area contributed by atoms with Gasteiger partial charge in [0.1, 0.15) is 10.7 Å². The number of sulfonamides is 1. The van der Waals surface area contributed by atoms with Crippen LogP contribution in [0.3, 0.4) is 0 Å². The second kappa shape index (κ2) is 5.59. The van der Waals surface area contributed by atoms with Crippen molar-refractivity contribution in [2.24, 2.45) is 11.8 Å². The molecular weight excluding hydrogens is 265 g/mol. The van der Waals surface area contributed by atoms with Crippen LogP contribution in [-0.2, 0) is 10.0 Å². The summed E-state index contributed by atoms with van der Waals surface area (Å²) in [5.74, 6) is 0.0591. The first-order valence-corrected chi connectivity index (χ1v) is 8.17. The predicted octanol–water partition coefficient (Wildman–Crippen LogP) is 2.93. The van der Waals surface area contributed by atoms with E-state index < -0.39 is 15.8 Å². The van der Waals surface area contributed by atoms with Gasteiger partial charge in [0.15, 0.2) is 0 Å². The van der Waals surface area contributed by atoms with Crippen LogP contribution in [0.1, 0.15) is 33.1 Å².